The lowest BCUT2D eigenvalue weighted by Gasteiger charge is -2.10. The minimum Gasteiger partial charge on any atom is -0.385 e. The Bertz CT molecular complexity index is 307. The van der Waals surface area contributed by atoms with Gasteiger partial charge in [-0.15, -0.1) is 0 Å². The Morgan fingerprint density at radius 2 is 2.07 bits per heavy atom. The molecule has 1 nitrogen and oxygen atoms in total. The third kappa shape index (κ3) is 4.32. The van der Waals surface area contributed by atoms with Gasteiger partial charge in [-0.25, -0.2) is 4.39 Å². The number of halogens is 1. The highest BCUT2D eigenvalue weighted by Crippen LogP contribution is 2.16. The van der Waals surface area contributed by atoms with E-state index in [1.165, 1.54) is 12.5 Å². The van der Waals surface area contributed by atoms with Gasteiger partial charge in [-0.3, -0.25) is 0 Å². The molecular formula is C13H20FN. The highest BCUT2D eigenvalue weighted by molar-refractivity contribution is 5.50. The molecule has 1 aromatic carbocycles. The van der Waals surface area contributed by atoms with Gasteiger partial charge in [0.05, 0.1) is 0 Å². The number of rotatable bonds is 5. The van der Waals surface area contributed by atoms with Crippen LogP contribution in [0.4, 0.5) is 10.1 Å². The van der Waals surface area contributed by atoms with Crippen LogP contribution >= 0.6 is 0 Å². The second-order valence-electron chi connectivity index (χ2n) is 4.42. The Balaban J connectivity index is 2.40. The molecule has 0 aliphatic rings. The zero-order chi connectivity index (χ0) is 11.3. The molecule has 0 radical (unpaired) electrons. The van der Waals surface area contributed by atoms with Crippen molar-refractivity contribution >= 4 is 5.69 Å². The third-order valence-corrected chi connectivity index (χ3v) is 2.47. The lowest BCUT2D eigenvalue weighted by Crippen LogP contribution is -2.04. The highest BCUT2D eigenvalue weighted by Gasteiger charge is 1.99. The van der Waals surface area contributed by atoms with E-state index in [0.717, 1.165) is 30.1 Å². The van der Waals surface area contributed by atoms with Gasteiger partial charge in [0.2, 0.25) is 0 Å². The van der Waals surface area contributed by atoms with E-state index in [1.807, 2.05) is 6.92 Å². The van der Waals surface area contributed by atoms with Crippen LogP contribution in [-0.2, 0) is 0 Å². The lowest BCUT2D eigenvalue weighted by molar-refractivity contribution is 0.566. The molecule has 0 spiro atoms. The van der Waals surface area contributed by atoms with Crippen molar-refractivity contribution in [2.24, 2.45) is 5.92 Å². The van der Waals surface area contributed by atoms with Gasteiger partial charge in [-0.05, 0) is 43.4 Å². The summed E-state index contributed by atoms with van der Waals surface area (Å²) in [6, 6.07) is 4.86. The number of nitrogens with one attached hydrogen (secondary N) is 1. The van der Waals surface area contributed by atoms with Gasteiger partial charge >= 0.3 is 0 Å². The van der Waals surface area contributed by atoms with Crippen LogP contribution in [0.2, 0.25) is 0 Å². The molecule has 0 aliphatic heterocycles. The molecular weight excluding hydrogens is 189 g/mol. The van der Waals surface area contributed by atoms with Crippen molar-refractivity contribution in [2.75, 3.05) is 11.9 Å². The maximum atomic E-state index is 12.9. The molecule has 0 amide bonds. The van der Waals surface area contributed by atoms with Crippen LogP contribution in [0.3, 0.4) is 0 Å². The monoisotopic (exact) mass is 209 g/mol. The van der Waals surface area contributed by atoms with Gasteiger partial charge in [0, 0.05) is 12.2 Å². The van der Waals surface area contributed by atoms with E-state index in [9.17, 15) is 4.39 Å². The van der Waals surface area contributed by atoms with Crippen molar-refractivity contribution in [3.8, 4) is 0 Å². The van der Waals surface area contributed by atoms with Gasteiger partial charge in [-0.2, -0.15) is 0 Å². The van der Waals surface area contributed by atoms with Crippen LogP contribution in [0.1, 0.15) is 32.3 Å². The molecule has 1 N–H and O–H groups in total. The molecule has 0 bridgehead atoms. The van der Waals surface area contributed by atoms with Gasteiger partial charge in [0.1, 0.15) is 5.82 Å². The Morgan fingerprint density at radius 3 is 2.73 bits per heavy atom. The summed E-state index contributed by atoms with van der Waals surface area (Å²) >= 11 is 0. The van der Waals surface area contributed by atoms with Gasteiger partial charge in [0.25, 0.3) is 0 Å². The number of benzene rings is 1. The molecule has 15 heavy (non-hydrogen) atoms. The molecule has 0 unspecified atom stereocenters. The average Bonchev–Trinajstić information content (AvgIpc) is 2.17. The normalized spacial score (nSPS) is 10.7. The second kappa shape index (κ2) is 5.74. The number of hydrogen-bond donors (Lipinski definition) is 1. The lowest BCUT2D eigenvalue weighted by atomic mass is 10.1. The van der Waals surface area contributed by atoms with Crippen molar-refractivity contribution in [3.63, 3.8) is 0 Å². The zero-order valence-electron chi connectivity index (χ0n) is 9.81. The number of aryl methyl sites for hydroxylation is 1. The summed E-state index contributed by atoms with van der Waals surface area (Å²) in [4.78, 5) is 0. The SMILES string of the molecule is Cc1ccc(F)cc1NCCCC(C)C. The van der Waals surface area contributed by atoms with Crippen LogP contribution in [0.25, 0.3) is 0 Å². The first-order valence-electron chi connectivity index (χ1n) is 5.59. The Labute approximate surface area is 91.7 Å². The molecule has 2 heteroatoms. The first kappa shape index (κ1) is 12.0. The summed E-state index contributed by atoms with van der Waals surface area (Å²) in [5, 5.41) is 3.27. The molecule has 0 aliphatic carbocycles. The van der Waals surface area contributed by atoms with Crippen LogP contribution in [0.5, 0.6) is 0 Å². The standard InChI is InChI=1S/C13H20FN/c1-10(2)5-4-8-15-13-9-12(14)7-6-11(13)3/h6-7,9-10,15H,4-5,8H2,1-3H3. The Morgan fingerprint density at radius 1 is 1.33 bits per heavy atom. The molecule has 84 valence electrons. The topological polar surface area (TPSA) is 12.0 Å². The van der Waals surface area contributed by atoms with Crippen molar-refractivity contribution in [2.45, 2.75) is 33.6 Å². The molecule has 1 rings (SSSR count). The maximum absolute atomic E-state index is 12.9. The summed E-state index contributed by atoms with van der Waals surface area (Å²) in [6.45, 7) is 7.34. The molecule has 0 aromatic heterocycles. The fourth-order valence-electron chi connectivity index (χ4n) is 1.52. The van der Waals surface area contributed by atoms with E-state index in [1.54, 1.807) is 12.1 Å². The van der Waals surface area contributed by atoms with Crippen molar-refractivity contribution in [1.82, 2.24) is 0 Å². The van der Waals surface area contributed by atoms with E-state index >= 15 is 0 Å². The van der Waals surface area contributed by atoms with Crippen molar-refractivity contribution in [3.05, 3.63) is 29.6 Å². The predicted molar refractivity (Wildman–Crippen MR) is 63.7 cm³/mol. The van der Waals surface area contributed by atoms with E-state index in [2.05, 4.69) is 19.2 Å². The largest absolute Gasteiger partial charge is 0.385 e. The van der Waals surface area contributed by atoms with E-state index in [0.29, 0.717) is 0 Å². The summed E-state index contributed by atoms with van der Waals surface area (Å²) in [6.07, 6.45) is 2.34. The predicted octanol–water partition coefficient (Wildman–Crippen LogP) is 3.98. The minimum absolute atomic E-state index is 0.174. The van der Waals surface area contributed by atoms with Gasteiger partial charge in [-0.1, -0.05) is 19.9 Å². The second-order valence-corrected chi connectivity index (χ2v) is 4.42. The Hall–Kier alpha value is -1.05. The first-order valence-corrected chi connectivity index (χ1v) is 5.59. The molecule has 0 saturated carbocycles. The van der Waals surface area contributed by atoms with Gasteiger partial charge in [0.15, 0.2) is 0 Å². The van der Waals surface area contributed by atoms with Crippen LogP contribution in [0, 0.1) is 18.7 Å². The Kier molecular flexibility index (Phi) is 4.60. The number of hydrogen-bond acceptors (Lipinski definition) is 1. The molecule has 1 aromatic rings. The van der Waals surface area contributed by atoms with E-state index < -0.39 is 0 Å². The summed E-state index contributed by atoms with van der Waals surface area (Å²) < 4.78 is 12.9. The summed E-state index contributed by atoms with van der Waals surface area (Å²) in [7, 11) is 0. The number of anilines is 1. The van der Waals surface area contributed by atoms with Gasteiger partial charge < -0.3 is 5.32 Å². The molecule has 0 fully saturated rings. The fourth-order valence-corrected chi connectivity index (χ4v) is 1.52. The highest BCUT2D eigenvalue weighted by atomic mass is 19.1. The average molecular weight is 209 g/mol. The maximum Gasteiger partial charge on any atom is 0.125 e. The minimum atomic E-state index is -0.174. The van der Waals surface area contributed by atoms with Crippen LogP contribution in [0.15, 0.2) is 18.2 Å². The molecule has 0 saturated heterocycles. The third-order valence-electron chi connectivity index (χ3n) is 2.47. The summed E-state index contributed by atoms with van der Waals surface area (Å²) in [5.41, 5.74) is 2.01. The van der Waals surface area contributed by atoms with E-state index in [4.69, 9.17) is 0 Å². The van der Waals surface area contributed by atoms with Crippen LogP contribution < -0.4 is 5.32 Å². The summed E-state index contributed by atoms with van der Waals surface area (Å²) in [5.74, 6) is 0.562. The van der Waals surface area contributed by atoms with Crippen molar-refractivity contribution in [1.29, 1.82) is 0 Å². The van der Waals surface area contributed by atoms with Crippen LogP contribution in [-0.4, -0.2) is 6.54 Å². The first-order chi connectivity index (χ1) is 7.09. The van der Waals surface area contributed by atoms with E-state index in [-0.39, 0.29) is 5.82 Å². The quantitative estimate of drug-likeness (QED) is 0.723. The smallest absolute Gasteiger partial charge is 0.125 e. The molecule has 0 atom stereocenters. The fraction of sp³-hybridized carbons (Fsp3) is 0.538. The molecule has 0 heterocycles. The zero-order valence-corrected chi connectivity index (χ0v) is 9.81. The van der Waals surface area contributed by atoms with Crippen molar-refractivity contribution < 1.29 is 4.39 Å².